The fourth-order valence-corrected chi connectivity index (χ4v) is 3.93. The highest BCUT2D eigenvalue weighted by Gasteiger charge is 2.17. The van der Waals surface area contributed by atoms with Gasteiger partial charge in [-0.1, -0.05) is 13.0 Å². The van der Waals surface area contributed by atoms with Crippen LogP contribution >= 0.6 is 15.9 Å². The Morgan fingerprint density at radius 2 is 2.00 bits per heavy atom. The summed E-state index contributed by atoms with van der Waals surface area (Å²) < 4.78 is 32.6. The van der Waals surface area contributed by atoms with Crippen LogP contribution in [0.15, 0.2) is 50.6 Å². The van der Waals surface area contributed by atoms with Gasteiger partial charge in [-0.2, -0.15) is 0 Å². The van der Waals surface area contributed by atoms with Gasteiger partial charge in [0.05, 0.1) is 17.4 Å². The van der Waals surface area contributed by atoms with Gasteiger partial charge in [0.25, 0.3) is 0 Å². The highest BCUT2D eigenvalue weighted by Crippen LogP contribution is 2.23. The molecule has 7 heteroatoms. The molecule has 0 amide bonds. The highest BCUT2D eigenvalue weighted by molar-refractivity contribution is 9.10. The Bertz CT molecular complexity index is 684. The standard InChI is InChI=1S/C14H17BrN2O3S/c1-2-16-8-11-3-4-14(13(15)7-11)21(18,19)17-9-12-5-6-20-10-12/h3-7,10,16-17H,2,8-9H2,1H3. The zero-order valence-electron chi connectivity index (χ0n) is 11.6. The van der Waals surface area contributed by atoms with Crippen LogP contribution in [0, 0.1) is 0 Å². The molecule has 0 bridgehead atoms. The molecule has 2 N–H and O–H groups in total. The van der Waals surface area contributed by atoms with Crippen LogP contribution in [-0.4, -0.2) is 15.0 Å². The molecule has 114 valence electrons. The number of furan rings is 1. The van der Waals surface area contributed by atoms with Gasteiger partial charge in [0.15, 0.2) is 0 Å². The average molecular weight is 373 g/mol. The molecular weight excluding hydrogens is 356 g/mol. The van der Waals surface area contributed by atoms with Crippen molar-refractivity contribution in [2.75, 3.05) is 6.54 Å². The van der Waals surface area contributed by atoms with E-state index in [4.69, 9.17) is 4.42 Å². The van der Waals surface area contributed by atoms with E-state index in [0.29, 0.717) is 11.0 Å². The summed E-state index contributed by atoms with van der Waals surface area (Å²) in [6, 6.07) is 6.94. The number of sulfonamides is 1. The molecule has 1 heterocycles. The van der Waals surface area contributed by atoms with Gasteiger partial charge in [-0.15, -0.1) is 0 Å². The number of hydrogen-bond donors (Lipinski definition) is 2. The fraction of sp³-hybridized carbons (Fsp3) is 0.286. The molecule has 0 aliphatic carbocycles. The van der Waals surface area contributed by atoms with Crippen molar-refractivity contribution in [3.05, 3.63) is 52.4 Å². The molecule has 0 fully saturated rings. The Hall–Kier alpha value is -1.15. The van der Waals surface area contributed by atoms with Crippen molar-refractivity contribution < 1.29 is 12.8 Å². The molecule has 0 radical (unpaired) electrons. The predicted molar refractivity (Wildman–Crippen MR) is 84.3 cm³/mol. The number of halogens is 1. The maximum Gasteiger partial charge on any atom is 0.241 e. The zero-order chi connectivity index (χ0) is 15.3. The van der Waals surface area contributed by atoms with Crippen molar-refractivity contribution in [1.82, 2.24) is 10.0 Å². The lowest BCUT2D eigenvalue weighted by molar-refractivity contribution is 0.561. The predicted octanol–water partition coefficient (Wildman–Crippen LogP) is 2.63. The van der Waals surface area contributed by atoms with Crippen molar-refractivity contribution in [3.63, 3.8) is 0 Å². The maximum absolute atomic E-state index is 12.3. The van der Waals surface area contributed by atoms with Crippen LogP contribution < -0.4 is 10.0 Å². The van der Waals surface area contributed by atoms with Crippen LogP contribution in [0.4, 0.5) is 0 Å². The van der Waals surface area contributed by atoms with Crippen LogP contribution in [0.5, 0.6) is 0 Å². The molecule has 5 nitrogen and oxygen atoms in total. The molecule has 0 aliphatic rings. The Morgan fingerprint density at radius 3 is 2.62 bits per heavy atom. The zero-order valence-corrected chi connectivity index (χ0v) is 14.0. The van der Waals surface area contributed by atoms with Crippen molar-refractivity contribution in [2.45, 2.75) is 24.9 Å². The van der Waals surface area contributed by atoms with Gasteiger partial charge >= 0.3 is 0 Å². The number of benzene rings is 1. The van der Waals surface area contributed by atoms with Crippen molar-refractivity contribution in [3.8, 4) is 0 Å². The van der Waals surface area contributed by atoms with Crippen molar-refractivity contribution in [2.24, 2.45) is 0 Å². The molecule has 0 aliphatic heterocycles. The molecule has 1 aromatic heterocycles. The highest BCUT2D eigenvalue weighted by atomic mass is 79.9. The van der Waals surface area contributed by atoms with E-state index in [-0.39, 0.29) is 11.4 Å². The van der Waals surface area contributed by atoms with E-state index in [1.165, 1.54) is 12.5 Å². The number of hydrogen-bond acceptors (Lipinski definition) is 4. The summed E-state index contributed by atoms with van der Waals surface area (Å²) in [6.45, 7) is 3.79. The minimum absolute atomic E-state index is 0.199. The van der Waals surface area contributed by atoms with E-state index in [1.54, 1.807) is 18.2 Å². The number of nitrogens with one attached hydrogen (secondary N) is 2. The van der Waals surface area contributed by atoms with Crippen molar-refractivity contribution in [1.29, 1.82) is 0 Å². The Morgan fingerprint density at radius 1 is 1.19 bits per heavy atom. The normalized spacial score (nSPS) is 11.7. The third-order valence-corrected chi connectivity index (χ3v) is 5.29. The van der Waals surface area contributed by atoms with Gasteiger partial charge < -0.3 is 9.73 Å². The maximum atomic E-state index is 12.3. The molecule has 21 heavy (non-hydrogen) atoms. The van der Waals surface area contributed by atoms with E-state index in [9.17, 15) is 8.42 Å². The van der Waals surface area contributed by atoms with E-state index >= 15 is 0 Å². The molecule has 0 spiro atoms. The molecule has 2 aromatic rings. The Labute approximate surface area is 132 Å². The largest absolute Gasteiger partial charge is 0.472 e. The third kappa shape index (κ3) is 4.41. The Balaban J connectivity index is 2.12. The van der Waals surface area contributed by atoms with Crippen molar-refractivity contribution >= 4 is 26.0 Å². The first kappa shape index (κ1) is 16.2. The summed E-state index contributed by atoms with van der Waals surface area (Å²) in [6.07, 6.45) is 3.02. The summed E-state index contributed by atoms with van der Waals surface area (Å²) in [4.78, 5) is 0.228. The lowest BCUT2D eigenvalue weighted by atomic mass is 10.2. The first-order valence-corrected chi connectivity index (χ1v) is 8.80. The van der Waals surface area contributed by atoms with Crippen LogP contribution in [0.25, 0.3) is 0 Å². The molecule has 0 unspecified atom stereocenters. The second-order valence-electron chi connectivity index (χ2n) is 4.50. The monoisotopic (exact) mass is 372 g/mol. The van der Waals surface area contributed by atoms with Crippen LogP contribution in [0.3, 0.4) is 0 Å². The van der Waals surface area contributed by atoms with E-state index in [2.05, 4.69) is 26.0 Å². The first-order chi connectivity index (χ1) is 10.0. The van der Waals surface area contributed by atoms with E-state index in [0.717, 1.165) is 17.7 Å². The second-order valence-corrected chi connectivity index (χ2v) is 7.09. The summed E-state index contributed by atoms with van der Waals surface area (Å²) >= 11 is 3.33. The molecule has 2 rings (SSSR count). The quantitative estimate of drug-likeness (QED) is 0.783. The lowest BCUT2D eigenvalue weighted by Gasteiger charge is -2.10. The fourth-order valence-electron chi connectivity index (χ4n) is 1.79. The molecular formula is C14H17BrN2O3S. The summed E-state index contributed by atoms with van der Waals surface area (Å²) in [5.74, 6) is 0. The summed E-state index contributed by atoms with van der Waals surface area (Å²) in [5.41, 5.74) is 1.80. The van der Waals surface area contributed by atoms with Gasteiger partial charge in [0, 0.05) is 23.1 Å². The minimum Gasteiger partial charge on any atom is -0.472 e. The summed E-state index contributed by atoms with van der Waals surface area (Å²) in [7, 11) is -3.56. The topological polar surface area (TPSA) is 71.3 Å². The van der Waals surface area contributed by atoms with E-state index < -0.39 is 10.0 Å². The molecule has 1 aromatic carbocycles. The molecule has 0 atom stereocenters. The SMILES string of the molecule is CCNCc1ccc(S(=O)(=O)NCc2ccoc2)c(Br)c1. The number of rotatable bonds is 7. The Kier molecular flexibility index (Phi) is 5.58. The van der Waals surface area contributed by atoms with Crippen LogP contribution in [0.1, 0.15) is 18.1 Å². The summed E-state index contributed by atoms with van der Waals surface area (Å²) in [5, 5.41) is 3.20. The second kappa shape index (κ2) is 7.22. The minimum atomic E-state index is -3.56. The van der Waals surface area contributed by atoms with Crippen LogP contribution in [0.2, 0.25) is 0 Å². The van der Waals surface area contributed by atoms with Gasteiger partial charge in [-0.05, 0) is 46.2 Å². The van der Waals surface area contributed by atoms with E-state index in [1.807, 2.05) is 13.0 Å². The van der Waals surface area contributed by atoms with Gasteiger partial charge in [0.1, 0.15) is 0 Å². The van der Waals surface area contributed by atoms with Gasteiger partial charge in [-0.25, -0.2) is 13.1 Å². The molecule has 0 saturated heterocycles. The molecule has 0 saturated carbocycles. The third-order valence-electron chi connectivity index (χ3n) is 2.91. The van der Waals surface area contributed by atoms with Gasteiger partial charge in [0.2, 0.25) is 10.0 Å². The smallest absolute Gasteiger partial charge is 0.241 e. The van der Waals surface area contributed by atoms with Gasteiger partial charge in [-0.3, -0.25) is 0 Å². The van der Waals surface area contributed by atoms with Crippen LogP contribution in [-0.2, 0) is 23.1 Å². The lowest BCUT2D eigenvalue weighted by Crippen LogP contribution is -2.23. The first-order valence-electron chi connectivity index (χ1n) is 6.53. The average Bonchev–Trinajstić information content (AvgIpc) is 2.96.